The number of carbonyl (C=O) groups is 1. The highest BCUT2D eigenvalue weighted by atomic mass is 16.7. The second kappa shape index (κ2) is 8.16. The Bertz CT molecular complexity index is 1200. The van der Waals surface area contributed by atoms with Gasteiger partial charge in [0, 0.05) is 18.9 Å². The minimum absolute atomic E-state index is 0.0495. The number of hydrogen-bond acceptors (Lipinski definition) is 10. The molecule has 7 aliphatic rings. The van der Waals surface area contributed by atoms with Crippen molar-refractivity contribution in [2.24, 2.45) is 16.8 Å². The highest BCUT2D eigenvalue weighted by molar-refractivity contribution is 6.08. The second-order valence-electron chi connectivity index (χ2n) is 11.1. The summed E-state index contributed by atoms with van der Waals surface area (Å²) >= 11 is 0. The fraction of sp³-hybridized carbons (Fsp3) is 0.630. The number of hydrogen-bond donors (Lipinski definition) is 4. The van der Waals surface area contributed by atoms with Crippen molar-refractivity contribution in [2.75, 3.05) is 6.61 Å². The van der Waals surface area contributed by atoms with Crippen molar-refractivity contribution in [2.45, 2.75) is 87.2 Å². The topological polar surface area (TPSA) is 141 Å². The van der Waals surface area contributed by atoms with Crippen LogP contribution in [0.15, 0.2) is 40.9 Å². The zero-order valence-corrected chi connectivity index (χ0v) is 20.7. The van der Waals surface area contributed by atoms with Crippen LogP contribution in [-0.2, 0) is 24.4 Å². The summed E-state index contributed by atoms with van der Waals surface area (Å²) in [6.07, 6.45) is -4.07. The van der Waals surface area contributed by atoms with Gasteiger partial charge in [0.05, 0.1) is 29.5 Å². The van der Waals surface area contributed by atoms with Gasteiger partial charge in [0.15, 0.2) is 6.29 Å². The van der Waals surface area contributed by atoms with Crippen LogP contribution < -0.4 is 0 Å². The fourth-order valence-electron chi connectivity index (χ4n) is 8.32. The van der Waals surface area contributed by atoms with Gasteiger partial charge in [0.25, 0.3) is 0 Å². The Hall–Kier alpha value is -2.18. The average Bonchev–Trinajstić information content (AvgIpc) is 3.36. The molecule has 13 atom stereocenters. The molecule has 1 aromatic rings. The van der Waals surface area contributed by atoms with Crippen LogP contribution >= 0.6 is 0 Å². The Balaban J connectivity index is 1.30. The third-order valence-electron chi connectivity index (χ3n) is 9.62. The molecule has 6 heterocycles. The molecule has 10 heteroatoms. The van der Waals surface area contributed by atoms with Gasteiger partial charge in [0.2, 0.25) is 0 Å². The first-order valence-corrected chi connectivity index (χ1v) is 13.1. The number of para-hydroxylation sites is 1. The van der Waals surface area contributed by atoms with Gasteiger partial charge in [0.1, 0.15) is 36.7 Å². The van der Waals surface area contributed by atoms with Crippen molar-refractivity contribution in [3.63, 3.8) is 0 Å². The lowest BCUT2D eigenvalue weighted by Crippen LogP contribution is -2.70. The third-order valence-corrected chi connectivity index (χ3v) is 9.62. The number of piperidine rings is 4. The van der Waals surface area contributed by atoms with Gasteiger partial charge < -0.3 is 34.6 Å². The molecule has 0 aromatic heterocycles. The van der Waals surface area contributed by atoms with Crippen LogP contribution in [0.2, 0.25) is 0 Å². The van der Waals surface area contributed by atoms with Crippen LogP contribution in [0.5, 0.6) is 0 Å². The quantitative estimate of drug-likeness (QED) is 0.327. The molecule has 3 unspecified atom stereocenters. The summed E-state index contributed by atoms with van der Waals surface area (Å²) in [5.74, 6) is -0.176. The maximum atomic E-state index is 12.4. The van der Waals surface area contributed by atoms with E-state index in [1.165, 1.54) is 6.92 Å². The van der Waals surface area contributed by atoms with Crippen LogP contribution in [0.1, 0.15) is 32.3 Å². The van der Waals surface area contributed by atoms with E-state index in [-0.39, 0.29) is 36.0 Å². The second-order valence-corrected chi connectivity index (χ2v) is 11.1. The molecule has 0 radical (unpaired) electrons. The van der Waals surface area contributed by atoms with Crippen LogP contribution in [0, 0.1) is 11.8 Å². The zero-order chi connectivity index (χ0) is 25.8. The van der Waals surface area contributed by atoms with Crippen molar-refractivity contribution in [1.29, 1.82) is 0 Å². The molecule has 198 valence electrons. The summed E-state index contributed by atoms with van der Waals surface area (Å²) in [5, 5.41) is 40.9. The lowest BCUT2D eigenvalue weighted by Gasteiger charge is -2.59. The number of nitrogens with zero attached hydrogens (tertiary/aromatic N) is 2. The molecular weight excluding hydrogens is 480 g/mol. The van der Waals surface area contributed by atoms with Gasteiger partial charge in [-0.05, 0) is 42.9 Å². The predicted molar refractivity (Wildman–Crippen MR) is 129 cm³/mol. The van der Waals surface area contributed by atoms with Gasteiger partial charge in [-0.1, -0.05) is 24.3 Å². The van der Waals surface area contributed by atoms with E-state index < -0.39 is 49.0 Å². The maximum Gasteiger partial charge on any atom is 0.302 e. The summed E-state index contributed by atoms with van der Waals surface area (Å²) in [6.45, 7) is 2.89. The minimum Gasteiger partial charge on any atom is -0.461 e. The Morgan fingerprint density at radius 1 is 1.24 bits per heavy atom. The molecule has 1 aliphatic carbocycles. The summed E-state index contributed by atoms with van der Waals surface area (Å²) in [7, 11) is 0. The van der Waals surface area contributed by atoms with Gasteiger partial charge >= 0.3 is 5.97 Å². The molecule has 6 fully saturated rings. The van der Waals surface area contributed by atoms with E-state index in [2.05, 4.69) is 11.0 Å². The predicted octanol–water partition coefficient (Wildman–Crippen LogP) is 0.137. The SMILES string of the molecule is C/C=C1\[C@@H]2C[C@H]3C4=Nc5ccccc5[C@]45C[C@@H](C2C5OC(C)=O)N3[C@H]1O[C@H]1O[C@H](CO)[C@H](O)[C@H](O)[C@H]1O. The van der Waals surface area contributed by atoms with Crippen molar-refractivity contribution in [3.8, 4) is 0 Å². The van der Waals surface area contributed by atoms with E-state index in [0.29, 0.717) is 0 Å². The molecule has 1 spiro atoms. The standard InChI is InChI=1S/C27H32N2O8/c1-3-12-13-8-16-23-27(14-6-4-5-7-15(14)28-23)9-17(19(13)24(27)35-11(2)31)29(16)25(12)37-26-22(34)21(33)20(32)18(10-30)36-26/h3-7,13,16-22,24-26,30,32-34H,8-10H2,1-2H3/b12-3+/t13-,16-,17-,18+,19?,20-,21-,22+,24?,25-,26+,27+/m0/s1. The lowest BCUT2D eigenvalue weighted by molar-refractivity contribution is -0.328. The van der Waals surface area contributed by atoms with Crippen molar-refractivity contribution >= 4 is 17.4 Å². The number of benzene rings is 1. The number of aliphatic hydroxyl groups excluding tert-OH is 4. The monoisotopic (exact) mass is 512 g/mol. The maximum absolute atomic E-state index is 12.4. The molecule has 1 aromatic carbocycles. The number of allylic oxidation sites excluding steroid dienone is 1. The summed E-state index contributed by atoms with van der Waals surface area (Å²) in [6, 6.07) is 8.10. The Kier molecular flexibility index (Phi) is 5.27. The third kappa shape index (κ3) is 2.95. The first-order valence-electron chi connectivity index (χ1n) is 13.1. The molecule has 1 saturated carbocycles. The van der Waals surface area contributed by atoms with E-state index in [4.69, 9.17) is 19.2 Å². The summed E-state index contributed by atoms with van der Waals surface area (Å²) < 4.78 is 18.3. The number of ether oxygens (including phenoxy) is 3. The Morgan fingerprint density at radius 3 is 2.76 bits per heavy atom. The van der Waals surface area contributed by atoms with E-state index in [1.807, 2.05) is 31.2 Å². The average molecular weight is 513 g/mol. The van der Waals surface area contributed by atoms with Crippen molar-refractivity contribution < 1.29 is 39.4 Å². The van der Waals surface area contributed by atoms with E-state index in [1.54, 1.807) is 0 Å². The Labute approximate surface area is 214 Å². The number of fused-ring (bicyclic) bond motifs is 2. The first-order chi connectivity index (χ1) is 17.8. The number of esters is 1. The molecule has 8 rings (SSSR count). The normalized spacial score (nSPS) is 49.7. The molecule has 4 N–H and O–H groups in total. The number of rotatable bonds is 4. The number of aliphatic hydroxyl groups is 4. The summed E-state index contributed by atoms with van der Waals surface area (Å²) in [5.41, 5.74) is 3.57. The van der Waals surface area contributed by atoms with E-state index >= 15 is 0 Å². The number of carbonyl (C=O) groups excluding carboxylic acids is 1. The molecule has 0 amide bonds. The molecular formula is C27H32N2O8. The van der Waals surface area contributed by atoms with Gasteiger partial charge in [-0.3, -0.25) is 14.7 Å². The molecule has 37 heavy (non-hydrogen) atoms. The zero-order valence-electron chi connectivity index (χ0n) is 20.7. The van der Waals surface area contributed by atoms with E-state index in [9.17, 15) is 25.2 Å². The highest BCUT2D eigenvalue weighted by Gasteiger charge is 2.75. The fourth-order valence-corrected chi connectivity index (χ4v) is 8.32. The van der Waals surface area contributed by atoms with Crippen LogP contribution in [0.3, 0.4) is 0 Å². The summed E-state index contributed by atoms with van der Waals surface area (Å²) in [4.78, 5) is 19.8. The van der Waals surface area contributed by atoms with Gasteiger partial charge in [-0.25, -0.2) is 0 Å². The Morgan fingerprint density at radius 2 is 2.03 bits per heavy atom. The molecule has 10 nitrogen and oxygen atoms in total. The van der Waals surface area contributed by atoms with E-state index in [0.717, 1.165) is 35.4 Å². The highest BCUT2D eigenvalue weighted by Crippen LogP contribution is 2.67. The van der Waals surface area contributed by atoms with Crippen molar-refractivity contribution in [3.05, 3.63) is 41.5 Å². The smallest absolute Gasteiger partial charge is 0.302 e. The first kappa shape index (κ1) is 23.9. The molecule has 5 saturated heterocycles. The number of aliphatic imine (C=N–C) groups is 1. The minimum atomic E-state index is -1.52. The van der Waals surface area contributed by atoms with Crippen LogP contribution in [0.25, 0.3) is 0 Å². The van der Waals surface area contributed by atoms with Gasteiger partial charge in [-0.15, -0.1) is 0 Å². The lowest BCUT2D eigenvalue weighted by atomic mass is 9.66. The van der Waals surface area contributed by atoms with Crippen molar-refractivity contribution in [1.82, 2.24) is 4.90 Å². The van der Waals surface area contributed by atoms with Crippen LogP contribution in [0.4, 0.5) is 5.69 Å². The molecule has 6 aliphatic heterocycles. The van der Waals surface area contributed by atoms with Crippen LogP contribution in [-0.4, -0.2) is 98.7 Å². The van der Waals surface area contributed by atoms with Gasteiger partial charge in [-0.2, -0.15) is 0 Å². The largest absolute Gasteiger partial charge is 0.461 e. The molecule has 5 bridgehead atoms.